The average molecular weight is 382 g/mol. The Balaban J connectivity index is 1.83. The summed E-state index contributed by atoms with van der Waals surface area (Å²) in [6, 6.07) is 22.4. The Morgan fingerprint density at radius 1 is 0.793 bits per heavy atom. The van der Waals surface area contributed by atoms with Crippen LogP contribution in [0.15, 0.2) is 72.8 Å². The first-order chi connectivity index (χ1) is 14.1. The number of fused-ring (bicyclic) bond motifs is 2. The summed E-state index contributed by atoms with van der Waals surface area (Å²) in [5.41, 5.74) is 4.07. The normalized spacial score (nSPS) is 13.2. The van der Waals surface area contributed by atoms with Crippen molar-refractivity contribution in [2.24, 2.45) is 7.05 Å². The molecular formula is C24H18N2O3. The zero-order valence-electron chi connectivity index (χ0n) is 16.0. The third-order valence-corrected chi connectivity index (χ3v) is 5.44. The number of ether oxygens (including phenoxy) is 1. The molecule has 5 heteroatoms. The van der Waals surface area contributed by atoms with Gasteiger partial charge in [0.1, 0.15) is 5.75 Å². The molecule has 5 rings (SSSR count). The first-order valence-electron chi connectivity index (χ1n) is 9.31. The number of nitrogens with zero attached hydrogens (tertiary/aromatic N) is 2. The first kappa shape index (κ1) is 17.3. The summed E-state index contributed by atoms with van der Waals surface area (Å²) in [5, 5.41) is 0.849. The molecule has 0 aliphatic carbocycles. The molecule has 0 atom stereocenters. The van der Waals surface area contributed by atoms with Crippen molar-refractivity contribution in [3.63, 3.8) is 0 Å². The second-order valence-corrected chi connectivity index (χ2v) is 7.00. The molecule has 0 saturated carbocycles. The van der Waals surface area contributed by atoms with E-state index in [1.165, 1.54) is 4.90 Å². The van der Waals surface area contributed by atoms with Crippen LogP contribution in [-0.2, 0) is 7.05 Å². The number of methoxy groups -OCH3 is 1. The van der Waals surface area contributed by atoms with E-state index in [9.17, 15) is 9.59 Å². The number of imide groups is 1. The predicted molar refractivity (Wildman–Crippen MR) is 112 cm³/mol. The minimum absolute atomic E-state index is 0.300. The lowest BCUT2D eigenvalue weighted by atomic mass is 10.1. The second kappa shape index (κ2) is 6.34. The van der Waals surface area contributed by atoms with E-state index in [1.54, 1.807) is 31.4 Å². The maximum atomic E-state index is 13.2. The van der Waals surface area contributed by atoms with Crippen LogP contribution >= 0.6 is 0 Å². The van der Waals surface area contributed by atoms with E-state index in [2.05, 4.69) is 0 Å². The second-order valence-electron chi connectivity index (χ2n) is 7.00. The smallest absolute Gasteiger partial charge is 0.266 e. The zero-order chi connectivity index (χ0) is 20.1. The fraction of sp³-hybridized carbons (Fsp3) is 0.0833. The van der Waals surface area contributed by atoms with Crippen molar-refractivity contribution in [1.82, 2.24) is 4.57 Å². The van der Waals surface area contributed by atoms with Gasteiger partial charge in [0, 0.05) is 18.0 Å². The molecule has 4 aromatic rings. The largest absolute Gasteiger partial charge is 0.497 e. The molecule has 0 saturated heterocycles. The number of hydrogen-bond donors (Lipinski definition) is 0. The highest BCUT2D eigenvalue weighted by Crippen LogP contribution is 2.43. The van der Waals surface area contributed by atoms with Crippen molar-refractivity contribution < 1.29 is 14.3 Å². The highest BCUT2D eigenvalue weighted by Gasteiger charge is 2.39. The summed E-state index contributed by atoms with van der Waals surface area (Å²) in [7, 11) is 3.56. The van der Waals surface area contributed by atoms with Crippen LogP contribution in [0.2, 0.25) is 0 Å². The molecule has 0 bridgehead atoms. The third-order valence-electron chi connectivity index (χ3n) is 5.44. The quantitative estimate of drug-likeness (QED) is 0.485. The molecule has 0 unspecified atom stereocenters. The van der Waals surface area contributed by atoms with Gasteiger partial charge in [0.05, 0.1) is 35.1 Å². The summed E-state index contributed by atoms with van der Waals surface area (Å²) < 4.78 is 7.41. The highest BCUT2D eigenvalue weighted by atomic mass is 16.5. The molecule has 0 spiro atoms. The number of hydrogen-bond acceptors (Lipinski definition) is 3. The molecule has 0 radical (unpaired) electrons. The molecule has 29 heavy (non-hydrogen) atoms. The van der Waals surface area contributed by atoms with Crippen molar-refractivity contribution in [3.8, 4) is 17.0 Å². The van der Waals surface area contributed by atoms with E-state index in [0.717, 1.165) is 22.2 Å². The van der Waals surface area contributed by atoms with Gasteiger partial charge in [-0.3, -0.25) is 9.59 Å². The number of aryl methyl sites for hydroxylation is 1. The standard InChI is InChI=1S/C24H18N2O3/c1-25-20-13-6-5-12-19(20)22(21(25)15-8-7-9-16(14-15)29-2)26-23(27)17-10-3-4-11-18(17)24(26)28/h3-14H,1-2H3. The maximum absolute atomic E-state index is 13.2. The average Bonchev–Trinajstić information content (AvgIpc) is 3.19. The third kappa shape index (κ3) is 2.41. The van der Waals surface area contributed by atoms with E-state index < -0.39 is 0 Å². The van der Waals surface area contributed by atoms with Crippen LogP contribution in [0.5, 0.6) is 5.75 Å². The summed E-state index contributed by atoms with van der Waals surface area (Å²) in [4.78, 5) is 27.8. The van der Waals surface area contributed by atoms with Crippen LogP contribution in [0.1, 0.15) is 20.7 Å². The number of amides is 2. The van der Waals surface area contributed by atoms with E-state index in [4.69, 9.17) is 4.74 Å². The van der Waals surface area contributed by atoms with Crippen molar-refractivity contribution in [1.29, 1.82) is 0 Å². The number of para-hydroxylation sites is 1. The number of carbonyl (C=O) groups is 2. The number of carbonyl (C=O) groups excluding carboxylic acids is 2. The monoisotopic (exact) mass is 382 g/mol. The Labute approximate surface area is 167 Å². The van der Waals surface area contributed by atoms with Crippen LogP contribution < -0.4 is 9.64 Å². The summed E-state index contributed by atoms with van der Waals surface area (Å²) in [6.07, 6.45) is 0. The van der Waals surface area contributed by atoms with Gasteiger partial charge >= 0.3 is 0 Å². The molecule has 2 heterocycles. The lowest BCUT2D eigenvalue weighted by Gasteiger charge is -2.17. The van der Waals surface area contributed by atoms with E-state index in [1.807, 2.05) is 60.1 Å². The van der Waals surface area contributed by atoms with Gasteiger partial charge in [-0.15, -0.1) is 0 Å². The zero-order valence-corrected chi connectivity index (χ0v) is 16.0. The lowest BCUT2D eigenvalue weighted by Crippen LogP contribution is -2.29. The van der Waals surface area contributed by atoms with Crippen molar-refractivity contribution >= 4 is 28.4 Å². The predicted octanol–water partition coefficient (Wildman–Crippen LogP) is 4.65. The Morgan fingerprint density at radius 3 is 2.14 bits per heavy atom. The van der Waals surface area contributed by atoms with Gasteiger partial charge in [-0.25, -0.2) is 4.90 Å². The molecule has 0 N–H and O–H groups in total. The maximum Gasteiger partial charge on any atom is 0.266 e. The van der Waals surface area contributed by atoms with Crippen LogP contribution in [0.25, 0.3) is 22.2 Å². The molecule has 2 amide bonds. The van der Waals surface area contributed by atoms with Gasteiger partial charge in [-0.1, -0.05) is 42.5 Å². The fourth-order valence-electron chi connectivity index (χ4n) is 4.09. The molecular weight excluding hydrogens is 364 g/mol. The topological polar surface area (TPSA) is 51.5 Å². The SMILES string of the molecule is COc1cccc(-c2c(N3C(=O)c4ccccc4C3=O)c3ccccc3n2C)c1. The summed E-state index contributed by atoms with van der Waals surface area (Å²) in [5.74, 6) is 0.110. The van der Waals surface area contributed by atoms with Gasteiger partial charge in [-0.05, 0) is 30.3 Å². The van der Waals surface area contributed by atoms with Crippen molar-refractivity contribution in [2.45, 2.75) is 0 Å². The minimum atomic E-state index is -0.300. The molecule has 1 aliphatic heterocycles. The van der Waals surface area contributed by atoms with E-state index in [-0.39, 0.29) is 11.8 Å². The van der Waals surface area contributed by atoms with E-state index >= 15 is 0 Å². The van der Waals surface area contributed by atoms with Gasteiger partial charge < -0.3 is 9.30 Å². The summed E-state index contributed by atoms with van der Waals surface area (Å²) in [6.45, 7) is 0. The lowest BCUT2D eigenvalue weighted by molar-refractivity contribution is 0.0926. The number of anilines is 1. The van der Waals surface area contributed by atoms with Crippen LogP contribution in [0.4, 0.5) is 5.69 Å². The van der Waals surface area contributed by atoms with Crippen LogP contribution in [0, 0.1) is 0 Å². The van der Waals surface area contributed by atoms with Crippen LogP contribution in [-0.4, -0.2) is 23.5 Å². The molecule has 142 valence electrons. The number of benzene rings is 3. The number of aromatic nitrogens is 1. The van der Waals surface area contributed by atoms with Crippen LogP contribution in [0.3, 0.4) is 0 Å². The molecule has 1 aromatic heterocycles. The van der Waals surface area contributed by atoms with Gasteiger partial charge in [0.2, 0.25) is 0 Å². The number of rotatable bonds is 3. The Bertz CT molecular complexity index is 1270. The highest BCUT2D eigenvalue weighted by molar-refractivity contribution is 6.37. The summed E-state index contributed by atoms with van der Waals surface area (Å²) >= 11 is 0. The van der Waals surface area contributed by atoms with Crippen molar-refractivity contribution in [3.05, 3.63) is 83.9 Å². The Hall–Kier alpha value is -3.86. The fourth-order valence-corrected chi connectivity index (χ4v) is 4.09. The first-order valence-corrected chi connectivity index (χ1v) is 9.31. The molecule has 3 aromatic carbocycles. The molecule has 1 aliphatic rings. The molecule has 0 fully saturated rings. The Morgan fingerprint density at radius 2 is 1.45 bits per heavy atom. The van der Waals surface area contributed by atoms with E-state index in [0.29, 0.717) is 22.6 Å². The van der Waals surface area contributed by atoms with Gasteiger partial charge in [0.15, 0.2) is 0 Å². The van der Waals surface area contributed by atoms with Gasteiger partial charge in [0.25, 0.3) is 11.8 Å². The minimum Gasteiger partial charge on any atom is -0.497 e. The molecule has 5 nitrogen and oxygen atoms in total. The van der Waals surface area contributed by atoms with Crippen molar-refractivity contribution in [2.75, 3.05) is 12.0 Å². The Kier molecular flexibility index (Phi) is 3.77. The van der Waals surface area contributed by atoms with Gasteiger partial charge in [-0.2, -0.15) is 0 Å².